The third kappa shape index (κ3) is 6.38. The molecule has 1 fully saturated rings. The first-order valence-corrected chi connectivity index (χ1v) is 8.79. The lowest BCUT2D eigenvalue weighted by Gasteiger charge is -2.24. The first-order chi connectivity index (χ1) is 12.0. The van der Waals surface area contributed by atoms with E-state index >= 15 is 0 Å². The fourth-order valence-electron chi connectivity index (χ4n) is 3.28. The maximum atomic E-state index is 12.5. The summed E-state index contributed by atoms with van der Waals surface area (Å²) in [5, 5.41) is 8.94. The second kappa shape index (κ2) is 9.42. The van der Waals surface area contributed by atoms with Gasteiger partial charge >= 0.3 is 5.97 Å². The summed E-state index contributed by atoms with van der Waals surface area (Å²) < 4.78 is 5.22. The van der Waals surface area contributed by atoms with Crippen LogP contribution in [0.15, 0.2) is 24.3 Å². The summed E-state index contributed by atoms with van der Waals surface area (Å²) in [6.07, 6.45) is 2.96. The standard InChI is InChI=1S/C19H28N2O4/c1-20(13-16-5-3-7-17(11-16)25-2)18(22)14-21-9-4-6-15(8-10-21)12-19(23)24/h3,5,7,11,15H,4,6,8-10,12-14H2,1-2H3,(H,23,24)/t15-/m1/s1. The lowest BCUT2D eigenvalue weighted by Crippen LogP contribution is -2.38. The van der Waals surface area contributed by atoms with Crippen molar-refractivity contribution in [1.82, 2.24) is 9.80 Å². The Morgan fingerprint density at radius 1 is 1.32 bits per heavy atom. The molecule has 1 saturated heterocycles. The van der Waals surface area contributed by atoms with E-state index in [1.807, 2.05) is 31.3 Å². The van der Waals surface area contributed by atoms with Gasteiger partial charge in [0.15, 0.2) is 0 Å². The van der Waals surface area contributed by atoms with Crippen molar-refractivity contribution in [3.05, 3.63) is 29.8 Å². The fraction of sp³-hybridized carbons (Fsp3) is 0.579. The van der Waals surface area contributed by atoms with Crippen LogP contribution in [0.4, 0.5) is 0 Å². The number of ether oxygens (including phenoxy) is 1. The fourth-order valence-corrected chi connectivity index (χ4v) is 3.28. The molecule has 0 aromatic heterocycles. The molecule has 1 amide bonds. The Bertz CT molecular complexity index is 591. The van der Waals surface area contributed by atoms with E-state index in [4.69, 9.17) is 9.84 Å². The molecule has 2 rings (SSSR count). The number of likely N-dealkylation sites (N-methyl/N-ethyl adjacent to an activating group) is 1. The van der Waals surface area contributed by atoms with Gasteiger partial charge in [-0.1, -0.05) is 12.1 Å². The number of hydrogen-bond acceptors (Lipinski definition) is 4. The molecule has 1 N–H and O–H groups in total. The molecular formula is C19H28N2O4. The highest BCUT2D eigenvalue weighted by Gasteiger charge is 2.21. The summed E-state index contributed by atoms with van der Waals surface area (Å²) in [4.78, 5) is 27.2. The van der Waals surface area contributed by atoms with E-state index in [1.165, 1.54) is 0 Å². The summed E-state index contributed by atoms with van der Waals surface area (Å²) in [5.74, 6) is 0.370. The summed E-state index contributed by atoms with van der Waals surface area (Å²) in [7, 11) is 3.44. The highest BCUT2D eigenvalue weighted by molar-refractivity contribution is 5.78. The average molecular weight is 348 g/mol. The van der Waals surface area contributed by atoms with E-state index < -0.39 is 5.97 Å². The topological polar surface area (TPSA) is 70.1 Å². The van der Waals surface area contributed by atoms with Crippen molar-refractivity contribution in [2.24, 2.45) is 5.92 Å². The third-order valence-corrected chi connectivity index (χ3v) is 4.74. The van der Waals surface area contributed by atoms with Crippen LogP contribution in [0.1, 0.15) is 31.2 Å². The van der Waals surface area contributed by atoms with Crippen LogP contribution in [0.5, 0.6) is 5.75 Å². The second-order valence-electron chi connectivity index (χ2n) is 6.77. The van der Waals surface area contributed by atoms with Gasteiger partial charge in [0.25, 0.3) is 0 Å². The summed E-state index contributed by atoms with van der Waals surface area (Å²) in [6.45, 7) is 2.58. The lowest BCUT2D eigenvalue weighted by atomic mass is 9.97. The molecule has 1 aromatic rings. The van der Waals surface area contributed by atoms with Crippen LogP contribution in [-0.4, -0.2) is 60.6 Å². The molecular weight excluding hydrogens is 320 g/mol. The number of carbonyl (C=O) groups excluding carboxylic acids is 1. The van der Waals surface area contributed by atoms with Crippen LogP contribution in [0.25, 0.3) is 0 Å². The minimum atomic E-state index is -0.729. The van der Waals surface area contributed by atoms with Gasteiger partial charge in [0.2, 0.25) is 5.91 Å². The number of nitrogens with zero attached hydrogens (tertiary/aromatic N) is 2. The SMILES string of the molecule is COc1cccc(CN(C)C(=O)CN2CCC[C@@H](CC(=O)O)CC2)c1. The third-order valence-electron chi connectivity index (χ3n) is 4.74. The maximum Gasteiger partial charge on any atom is 0.303 e. The Labute approximate surface area is 149 Å². The minimum absolute atomic E-state index is 0.0829. The van der Waals surface area contributed by atoms with Crippen molar-refractivity contribution in [2.75, 3.05) is 33.8 Å². The first-order valence-electron chi connectivity index (χ1n) is 8.79. The monoisotopic (exact) mass is 348 g/mol. The number of benzene rings is 1. The normalized spacial score (nSPS) is 18.4. The number of carboxylic acids is 1. The summed E-state index contributed by atoms with van der Waals surface area (Å²) in [6, 6.07) is 7.72. The zero-order chi connectivity index (χ0) is 18.2. The predicted octanol–water partition coefficient (Wildman–Crippen LogP) is 2.23. The molecule has 6 heteroatoms. The van der Waals surface area contributed by atoms with E-state index in [0.717, 1.165) is 43.7 Å². The van der Waals surface area contributed by atoms with E-state index in [2.05, 4.69) is 4.90 Å². The van der Waals surface area contributed by atoms with Gasteiger partial charge in [-0.3, -0.25) is 14.5 Å². The van der Waals surface area contributed by atoms with Crippen molar-refractivity contribution < 1.29 is 19.4 Å². The number of amides is 1. The molecule has 138 valence electrons. The average Bonchev–Trinajstić information content (AvgIpc) is 2.79. The smallest absolute Gasteiger partial charge is 0.303 e. The molecule has 25 heavy (non-hydrogen) atoms. The van der Waals surface area contributed by atoms with Gasteiger partial charge in [0.05, 0.1) is 13.7 Å². The van der Waals surface area contributed by atoms with E-state index in [-0.39, 0.29) is 18.2 Å². The Balaban J connectivity index is 1.83. The van der Waals surface area contributed by atoms with Crippen molar-refractivity contribution in [3.63, 3.8) is 0 Å². The quantitative estimate of drug-likeness (QED) is 0.818. The van der Waals surface area contributed by atoms with Crippen LogP contribution < -0.4 is 4.74 Å². The van der Waals surface area contributed by atoms with Crippen LogP contribution in [0, 0.1) is 5.92 Å². The van der Waals surface area contributed by atoms with E-state index in [9.17, 15) is 9.59 Å². The van der Waals surface area contributed by atoms with Crippen LogP contribution in [0.2, 0.25) is 0 Å². The van der Waals surface area contributed by atoms with Crippen LogP contribution in [-0.2, 0) is 16.1 Å². The Morgan fingerprint density at radius 3 is 2.84 bits per heavy atom. The number of hydrogen-bond donors (Lipinski definition) is 1. The Kier molecular flexibility index (Phi) is 7.25. The van der Waals surface area contributed by atoms with Crippen molar-refractivity contribution in [2.45, 2.75) is 32.2 Å². The van der Waals surface area contributed by atoms with Gasteiger partial charge in [-0.15, -0.1) is 0 Å². The molecule has 0 saturated carbocycles. The van der Waals surface area contributed by atoms with Gasteiger partial charge in [0, 0.05) is 20.0 Å². The number of methoxy groups -OCH3 is 1. The Hall–Kier alpha value is -2.08. The minimum Gasteiger partial charge on any atom is -0.497 e. The predicted molar refractivity (Wildman–Crippen MR) is 95.5 cm³/mol. The molecule has 1 heterocycles. The molecule has 0 radical (unpaired) electrons. The molecule has 0 spiro atoms. The largest absolute Gasteiger partial charge is 0.497 e. The number of aliphatic carboxylic acids is 1. The molecule has 0 bridgehead atoms. The van der Waals surface area contributed by atoms with Crippen molar-refractivity contribution in [1.29, 1.82) is 0 Å². The van der Waals surface area contributed by atoms with Gasteiger partial charge in [-0.25, -0.2) is 0 Å². The maximum absolute atomic E-state index is 12.5. The highest BCUT2D eigenvalue weighted by atomic mass is 16.5. The lowest BCUT2D eigenvalue weighted by molar-refractivity contribution is -0.138. The molecule has 0 aliphatic carbocycles. The molecule has 1 aliphatic heterocycles. The summed E-state index contributed by atoms with van der Waals surface area (Å²) in [5.41, 5.74) is 1.03. The molecule has 6 nitrogen and oxygen atoms in total. The number of carbonyl (C=O) groups is 2. The van der Waals surface area contributed by atoms with Gasteiger partial charge in [0.1, 0.15) is 5.75 Å². The van der Waals surface area contributed by atoms with E-state index in [0.29, 0.717) is 13.1 Å². The van der Waals surface area contributed by atoms with Crippen molar-refractivity contribution >= 4 is 11.9 Å². The van der Waals surface area contributed by atoms with Gasteiger partial charge < -0.3 is 14.7 Å². The zero-order valence-corrected chi connectivity index (χ0v) is 15.1. The molecule has 1 aliphatic rings. The zero-order valence-electron chi connectivity index (χ0n) is 15.1. The van der Waals surface area contributed by atoms with Crippen LogP contribution in [0.3, 0.4) is 0 Å². The second-order valence-corrected chi connectivity index (χ2v) is 6.77. The molecule has 1 aromatic carbocycles. The van der Waals surface area contributed by atoms with Crippen LogP contribution >= 0.6 is 0 Å². The summed E-state index contributed by atoms with van der Waals surface area (Å²) >= 11 is 0. The molecule has 1 atom stereocenters. The highest BCUT2D eigenvalue weighted by Crippen LogP contribution is 2.21. The Morgan fingerprint density at radius 2 is 2.12 bits per heavy atom. The van der Waals surface area contributed by atoms with Gasteiger partial charge in [-0.05, 0) is 56.0 Å². The number of likely N-dealkylation sites (tertiary alicyclic amines) is 1. The number of carboxylic acid groups (broad SMARTS) is 1. The van der Waals surface area contributed by atoms with Crippen molar-refractivity contribution in [3.8, 4) is 5.75 Å². The van der Waals surface area contributed by atoms with Gasteiger partial charge in [-0.2, -0.15) is 0 Å². The first kappa shape index (κ1) is 19.2. The molecule has 0 unspecified atom stereocenters. The number of rotatable bonds is 7. The van der Waals surface area contributed by atoms with E-state index in [1.54, 1.807) is 12.0 Å².